The summed E-state index contributed by atoms with van der Waals surface area (Å²) < 4.78 is 3.99. The van der Waals surface area contributed by atoms with E-state index in [9.17, 15) is 0 Å². The van der Waals surface area contributed by atoms with Crippen molar-refractivity contribution in [1.82, 2.24) is 4.37 Å². The van der Waals surface area contributed by atoms with Gasteiger partial charge in [-0.2, -0.15) is 9.64 Å². The summed E-state index contributed by atoms with van der Waals surface area (Å²) in [6, 6.07) is 12.9. The lowest BCUT2D eigenvalue weighted by molar-refractivity contribution is 1.05. The Balaban J connectivity index is 1.72. The van der Waals surface area contributed by atoms with Gasteiger partial charge in [0.15, 0.2) is 5.15 Å². The van der Waals surface area contributed by atoms with Crippen LogP contribution in [-0.2, 0) is 0 Å². The largest absolute Gasteiger partial charge is 0.371 e. The third-order valence-corrected chi connectivity index (χ3v) is 4.25. The fourth-order valence-electron chi connectivity index (χ4n) is 2.06. The number of benzene rings is 1. The van der Waals surface area contributed by atoms with E-state index in [1.807, 2.05) is 6.07 Å². The summed E-state index contributed by atoms with van der Waals surface area (Å²) in [7, 11) is 0. The highest BCUT2D eigenvalue weighted by atomic mass is 35.5. The van der Waals surface area contributed by atoms with E-state index in [4.69, 9.17) is 16.9 Å². The molecule has 5 heteroatoms. The minimum Gasteiger partial charge on any atom is -0.371 e. The monoisotopic (exact) mass is 275 g/mol. The van der Waals surface area contributed by atoms with Gasteiger partial charge in [0, 0.05) is 12.0 Å². The average molecular weight is 276 g/mol. The highest BCUT2D eigenvalue weighted by Crippen LogP contribution is 2.44. The molecule has 0 bridgehead atoms. The number of nitriles is 1. The number of halogens is 1. The molecule has 1 aromatic heterocycles. The molecule has 0 spiro atoms. The van der Waals surface area contributed by atoms with Crippen molar-refractivity contribution in [2.75, 3.05) is 5.32 Å². The van der Waals surface area contributed by atoms with Crippen LogP contribution in [0.2, 0.25) is 5.15 Å². The van der Waals surface area contributed by atoms with Crippen molar-refractivity contribution >= 4 is 28.1 Å². The Morgan fingerprint density at radius 2 is 2.17 bits per heavy atom. The van der Waals surface area contributed by atoms with Crippen LogP contribution in [0.4, 0.5) is 5.00 Å². The minimum atomic E-state index is 0.293. The van der Waals surface area contributed by atoms with E-state index < -0.39 is 0 Å². The number of rotatable bonds is 3. The number of anilines is 1. The first-order chi connectivity index (χ1) is 8.79. The lowest BCUT2D eigenvalue weighted by Crippen LogP contribution is -2.03. The lowest BCUT2D eigenvalue weighted by atomic mass is 10.1. The Kier molecular flexibility index (Phi) is 2.94. The molecule has 3 nitrogen and oxygen atoms in total. The first-order valence-corrected chi connectivity index (χ1v) is 6.81. The maximum atomic E-state index is 9.00. The molecule has 1 aliphatic carbocycles. The zero-order valence-corrected chi connectivity index (χ0v) is 11.0. The van der Waals surface area contributed by atoms with Crippen molar-refractivity contribution in [3.05, 3.63) is 46.6 Å². The van der Waals surface area contributed by atoms with Crippen LogP contribution in [-0.4, -0.2) is 10.4 Å². The molecule has 3 rings (SSSR count). The molecule has 1 heterocycles. The Morgan fingerprint density at radius 3 is 2.89 bits per heavy atom. The quantitative estimate of drug-likeness (QED) is 0.930. The van der Waals surface area contributed by atoms with E-state index in [2.05, 4.69) is 40.0 Å². The van der Waals surface area contributed by atoms with Gasteiger partial charge in [0.1, 0.15) is 16.6 Å². The summed E-state index contributed by atoms with van der Waals surface area (Å²) in [6.45, 7) is 0. The number of hydrogen-bond acceptors (Lipinski definition) is 4. The van der Waals surface area contributed by atoms with E-state index in [-0.39, 0.29) is 0 Å². The number of nitrogens with one attached hydrogen (secondary N) is 1. The van der Waals surface area contributed by atoms with E-state index in [1.165, 1.54) is 17.1 Å². The molecule has 18 heavy (non-hydrogen) atoms. The number of nitrogens with zero attached hydrogens (tertiary/aromatic N) is 2. The molecular formula is C13H10ClN3S. The third-order valence-electron chi connectivity index (χ3n) is 3.10. The van der Waals surface area contributed by atoms with Gasteiger partial charge in [0.25, 0.3) is 0 Å². The van der Waals surface area contributed by atoms with Gasteiger partial charge in [-0.3, -0.25) is 0 Å². The van der Waals surface area contributed by atoms with Crippen molar-refractivity contribution in [1.29, 1.82) is 5.26 Å². The van der Waals surface area contributed by atoms with Crippen molar-refractivity contribution in [2.45, 2.75) is 18.4 Å². The summed E-state index contributed by atoms with van der Waals surface area (Å²) in [5, 5.41) is 13.4. The topological polar surface area (TPSA) is 48.7 Å². The normalized spacial score (nSPS) is 21.3. The SMILES string of the molecule is N#Cc1c(Cl)nsc1NC1CC1c1ccccc1. The smallest absolute Gasteiger partial charge is 0.162 e. The Hall–Kier alpha value is -1.57. The maximum absolute atomic E-state index is 9.00. The molecule has 0 amide bonds. The van der Waals surface area contributed by atoms with Gasteiger partial charge in [0.05, 0.1) is 0 Å². The molecule has 1 saturated carbocycles. The fraction of sp³-hybridized carbons (Fsp3) is 0.231. The van der Waals surface area contributed by atoms with Crippen LogP contribution in [0.1, 0.15) is 23.5 Å². The van der Waals surface area contributed by atoms with Crippen LogP contribution < -0.4 is 5.32 Å². The second-order valence-corrected chi connectivity index (χ2v) is 5.42. The molecule has 2 aromatic rings. The third kappa shape index (κ3) is 2.07. The Morgan fingerprint density at radius 1 is 1.39 bits per heavy atom. The van der Waals surface area contributed by atoms with Crippen molar-refractivity contribution < 1.29 is 0 Å². The molecule has 2 unspecified atom stereocenters. The molecule has 0 saturated heterocycles. The molecule has 1 aromatic carbocycles. The van der Waals surface area contributed by atoms with E-state index >= 15 is 0 Å². The van der Waals surface area contributed by atoms with Gasteiger partial charge < -0.3 is 5.32 Å². The van der Waals surface area contributed by atoms with Gasteiger partial charge in [-0.15, -0.1) is 0 Å². The molecule has 0 radical (unpaired) electrons. The second kappa shape index (κ2) is 4.60. The maximum Gasteiger partial charge on any atom is 0.162 e. The zero-order chi connectivity index (χ0) is 12.5. The van der Waals surface area contributed by atoms with Gasteiger partial charge in [-0.25, -0.2) is 0 Å². The summed E-state index contributed by atoms with van der Waals surface area (Å²) in [5.41, 5.74) is 1.80. The summed E-state index contributed by atoms with van der Waals surface area (Å²) in [4.78, 5) is 0. The standard InChI is InChI=1S/C13H10ClN3S/c14-12-10(7-15)13(18-17-12)16-11-6-9(11)8-4-2-1-3-5-8/h1-5,9,11,16H,6H2. The summed E-state index contributed by atoms with van der Waals surface area (Å²) >= 11 is 7.09. The summed E-state index contributed by atoms with van der Waals surface area (Å²) in [5.74, 6) is 0.526. The Bertz CT molecular complexity index is 602. The average Bonchev–Trinajstić information content (AvgIpc) is 3.08. The Labute approximate surface area is 114 Å². The van der Waals surface area contributed by atoms with Crippen LogP contribution in [0, 0.1) is 11.3 Å². The minimum absolute atomic E-state index is 0.293. The van der Waals surface area contributed by atoms with Crippen molar-refractivity contribution in [2.24, 2.45) is 0 Å². The summed E-state index contributed by atoms with van der Waals surface area (Å²) in [6.07, 6.45) is 1.09. The van der Waals surface area contributed by atoms with Crippen LogP contribution >= 0.6 is 23.1 Å². The highest BCUT2D eigenvalue weighted by molar-refractivity contribution is 7.10. The molecule has 1 fully saturated rings. The second-order valence-electron chi connectivity index (χ2n) is 4.29. The van der Waals surface area contributed by atoms with Gasteiger partial charge in [0.2, 0.25) is 0 Å². The predicted octanol–water partition coefficient (Wildman–Crippen LogP) is 3.64. The first-order valence-electron chi connectivity index (χ1n) is 5.66. The lowest BCUT2D eigenvalue weighted by Gasteiger charge is -2.03. The van der Waals surface area contributed by atoms with Gasteiger partial charge in [-0.1, -0.05) is 41.9 Å². The number of hydrogen-bond donors (Lipinski definition) is 1. The van der Waals surface area contributed by atoms with Crippen molar-refractivity contribution in [3.63, 3.8) is 0 Å². The highest BCUT2D eigenvalue weighted by Gasteiger charge is 2.39. The molecule has 90 valence electrons. The molecule has 1 N–H and O–H groups in total. The molecular weight excluding hydrogens is 266 g/mol. The first kappa shape index (κ1) is 11.5. The van der Waals surface area contributed by atoms with Gasteiger partial charge >= 0.3 is 0 Å². The van der Waals surface area contributed by atoms with Crippen LogP contribution in [0.3, 0.4) is 0 Å². The molecule has 0 aliphatic heterocycles. The van der Waals surface area contributed by atoms with E-state index in [1.54, 1.807) is 0 Å². The zero-order valence-electron chi connectivity index (χ0n) is 9.43. The van der Waals surface area contributed by atoms with Crippen molar-refractivity contribution in [3.8, 4) is 6.07 Å². The van der Waals surface area contributed by atoms with E-state index in [0.717, 1.165) is 11.4 Å². The van der Waals surface area contributed by atoms with Crippen LogP contribution in [0.5, 0.6) is 0 Å². The number of aromatic nitrogens is 1. The predicted molar refractivity (Wildman–Crippen MR) is 73.0 cm³/mol. The van der Waals surface area contributed by atoms with Gasteiger partial charge in [-0.05, 0) is 23.5 Å². The fourth-order valence-corrected chi connectivity index (χ4v) is 3.05. The molecule has 1 aliphatic rings. The van der Waals surface area contributed by atoms with Crippen LogP contribution in [0.15, 0.2) is 30.3 Å². The molecule has 2 atom stereocenters. The van der Waals surface area contributed by atoms with Crippen LogP contribution in [0.25, 0.3) is 0 Å². The van der Waals surface area contributed by atoms with E-state index in [0.29, 0.717) is 22.7 Å².